The van der Waals surface area contributed by atoms with Gasteiger partial charge in [0.05, 0.1) is 0 Å². The first-order chi connectivity index (χ1) is 14.4. The SMILES string of the molecule is CCCCCCCCCCCCCCCN1CCC(CCC2CCNCC2)CC1. The van der Waals surface area contributed by atoms with E-state index in [9.17, 15) is 0 Å². The lowest BCUT2D eigenvalue weighted by Crippen LogP contribution is -2.34. The molecule has 0 unspecified atom stereocenters. The van der Waals surface area contributed by atoms with E-state index in [1.54, 1.807) is 0 Å². The van der Waals surface area contributed by atoms with Gasteiger partial charge in [0.2, 0.25) is 0 Å². The molecule has 2 heterocycles. The van der Waals surface area contributed by atoms with Crippen LogP contribution in [0.25, 0.3) is 0 Å². The molecule has 2 aliphatic rings. The predicted octanol–water partition coefficient (Wildman–Crippen LogP) is 7.57. The Morgan fingerprint density at radius 1 is 0.586 bits per heavy atom. The van der Waals surface area contributed by atoms with Crippen LogP contribution >= 0.6 is 0 Å². The lowest BCUT2D eigenvalue weighted by molar-refractivity contribution is 0.168. The average molecular weight is 407 g/mol. The molecule has 2 fully saturated rings. The Bertz CT molecular complexity index is 342. The van der Waals surface area contributed by atoms with Crippen molar-refractivity contribution in [3.8, 4) is 0 Å². The quantitative estimate of drug-likeness (QED) is 0.251. The van der Waals surface area contributed by atoms with E-state index >= 15 is 0 Å². The summed E-state index contributed by atoms with van der Waals surface area (Å²) in [6.07, 6.45) is 27.9. The summed E-state index contributed by atoms with van der Waals surface area (Å²) < 4.78 is 0. The van der Waals surface area contributed by atoms with Gasteiger partial charge in [-0.2, -0.15) is 0 Å². The van der Waals surface area contributed by atoms with Crippen molar-refractivity contribution in [1.82, 2.24) is 10.2 Å². The van der Waals surface area contributed by atoms with Gasteiger partial charge in [0.1, 0.15) is 0 Å². The van der Waals surface area contributed by atoms with Gasteiger partial charge in [0, 0.05) is 0 Å². The summed E-state index contributed by atoms with van der Waals surface area (Å²) in [7, 11) is 0. The van der Waals surface area contributed by atoms with Crippen molar-refractivity contribution >= 4 is 0 Å². The second-order valence-corrected chi connectivity index (χ2v) is 10.3. The van der Waals surface area contributed by atoms with Crippen molar-refractivity contribution in [2.75, 3.05) is 32.7 Å². The lowest BCUT2D eigenvalue weighted by atomic mass is 9.85. The third kappa shape index (κ3) is 13.0. The van der Waals surface area contributed by atoms with Crippen LogP contribution in [0.4, 0.5) is 0 Å². The normalized spacial score (nSPS) is 19.8. The van der Waals surface area contributed by atoms with Crippen LogP contribution in [-0.2, 0) is 0 Å². The van der Waals surface area contributed by atoms with Gasteiger partial charge in [-0.05, 0) is 76.7 Å². The average Bonchev–Trinajstić information content (AvgIpc) is 2.77. The summed E-state index contributed by atoms with van der Waals surface area (Å²) in [6.45, 7) is 8.98. The van der Waals surface area contributed by atoms with E-state index in [0.29, 0.717) is 0 Å². The van der Waals surface area contributed by atoms with Gasteiger partial charge >= 0.3 is 0 Å². The number of piperidine rings is 2. The topological polar surface area (TPSA) is 15.3 Å². The monoisotopic (exact) mass is 406 g/mol. The predicted molar refractivity (Wildman–Crippen MR) is 130 cm³/mol. The van der Waals surface area contributed by atoms with Crippen LogP contribution in [0.15, 0.2) is 0 Å². The molecule has 0 amide bonds. The van der Waals surface area contributed by atoms with Gasteiger partial charge in [-0.3, -0.25) is 0 Å². The Morgan fingerprint density at radius 2 is 1.03 bits per heavy atom. The number of rotatable bonds is 17. The molecule has 0 aliphatic carbocycles. The highest BCUT2D eigenvalue weighted by atomic mass is 15.1. The van der Waals surface area contributed by atoms with E-state index in [4.69, 9.17) is 0 Å². The molecule has 0 saturated carbocycles. The van der Waals surface area contributed by atoms with E-state index in [0.717, 1.165) is 11.8 Å². The fourth-order valence-corrected chi connectivity index (χ4v) is 5.49. The Balaban J connectivity index is 1.31. The maximum absolute atomic E-state index is 3.50. The fraction of sp³-hybridized carbons (Fsp3) is 1.00. The molecule has 2 saturated heterocycles. The van der Waals surface area contributed by atoms with Crippen molar-refractivity contribution in [3.05, 3.63) is 0 Å². The summed E-state index contributed by atoms with van der Waals surface area (Å²) in [5.41, 5.74) is 0. The van der Waals surface area contributed by atoms with Gasteiger partial charge in [-0.15, -0.1) is 0 Å². The van der Waals surface area contributed by atoms with Crippen molar-refractivity contribution in [2.45, 2.75) is 129 Å². The molecule has 0 aromatic heterocycles. The van der Waals surface area contributed by atoms with Gasteiger partial charge in [-0.1, -0.05) is 96.8 Å². The number of hydrogen-bond acceptors (Lipinski definition) is 2. The minimum Gasteiger partial charge on any atom is -0.317 e. The van der Waals surface area contributed by atoms with Crippen LogP contribution in [-0.4, -0.2) is 37.6 Å². The number of unbranched alkanes of at least 4 members (excludes halogenated alkanes) is 12. The number of nitrogens with one attached hydrogen (secondary N) is 1. The number of hydrogen-bond donors (Lipinski definition) is 1. The summed E-state index contributed by atoms with van der Waals surface area (Å²) in [5, 5.41) is 3.50. The minimum absolute atomic E-state index is 1.03. The van der Waals surface area contributed by atoms with Gasteiger partial charge < -0.3 is 10.2 Å². The maximum Gasteiger partial charge on any atom is -0.00161 e. The van der Waals surface area contributed by atoms with Gasteiger partial charge in [-0.25, -0.2) is 0 Å². The Hall–Kier alpha value is -0.0800. The first kappa shape index (κ1) is 25.2. The zero-order valence-corrected chi connectivity index (χ0v) is 20.1. The van der Waals surface area contributed by atoms with Crippen molar-refractivity contribution in [2.24, 2.45) is 11.8 Å². The Kier molecular flexibility index (Phi) is 15.3. The standard InChI is InChI=1S/C27H54N2/c1-2-3-4-5-6-7-8-9-10-11-12-13-14-23-29-24-19-27(20-25-29)16-15-26-17-21-28-22-18-26/h26-28H,2-25H2,1H3. The molecule has 0 atom stereocenters. The molecule has 2 rings (SSSR count). The minimum atomic E-state index is 1.03. The van der Waals surface area contributed by atoms with Crippen molar-refractivity contribution < 1.29 is 0 Å². The Morgan fingerprint density at radius 3 is 1.55 bits per heavy atom. The second-order valence-electron chi connectivity index (χ2n) is 10.3. The van der Waals surface area contributed by atoms with Crippen LogP contribution in [0.1, 0.15) is 129 Å². The van der Waals surface area contributed by atoms with Gasteiger partial charge in [0.25, 0.3) is 0 Å². The highest BCUT2D eigenvalue weighted by Gasteiger charge is 2.20. The summed E-state index contributed by atoms with van der Waals surface area (Å²) in [6, 6.07) is 0. The third-order valence-corrected chi connectivity index (χ3v) is 7.73. The first-order valence-corrected chi connectivity index (χ1v) is 13.8. The molecule has 29 heavy (non-hydrogen) atoms. The summed E-state index contributed by atoms with van der Waals surface area (Å²) in [5.74, 6) is 2.06. The molecule has 0 radical (unpaired) electrons. The zero-order valence-electron chi connectivity index (χ0n) is 20.1. The highest BCUT2D eigenvalue weighted by Crippen LogP contribution is 2.27. The number of likely N-dealkylation sites (tertiary alicyclic amines) is 1. The third-order valence-electron chi connectivity index (χ3n) is 7.73. The molecular weight excluding hydrogens is 352 g/mol. The lowest BCUT2D eigenvalue weighted by Gasteiger charge is -2.33. The van der Waals surface area contributed by atoms with Crippen LogP contribution < -0.4 is 5.32 Å². The van der Waals surface area contributed by atoms with E-state index in [-0.39, 0.29) is 0 Å². The van der Waals surface area contributed by atoms with E-state index in [2.05, 4.69) is 17.1 Å². The molecule has 0 bridgehead atoms. The van der Waals surface area contributed by atoms with Crippen molar-refractivity contribution in [1.29, 1.82) is 0 Å². The fourth-order valence-electron chi connectivity index (χ4n) is 5.49. The van der Waals surface area contributed by atoms with Gasteiger partial charge in [0.15, 0.2) is 0 Å². The van der Waals surface area contributed by atoms with Crippen LogP contribution in [0, 0.1) is 11.8 Å². The number of nitrogens with zero attached hydrogens (tertiary/aromatic N) is 1. The van der Waals surface area contributed by atoms with Crippen LogP contribution in [0.3, 0.4) is 0 Å². The molecule has 1 N–H and O–H groups in total. The van der Waals surface area contributed by atoms with Crippen LogP contribution in [0.2, 0.25) is 0 Å². The molecule has 172 valence electrons. The van der Waals surface area contributed by atoms with Crippen LogP contribution in [0.5, 0.6) is 0 Å². The van der Waals surface area contributed by atoms with Crippen molar-refractivity contribution in [3.63, 3.8) is 0 Å². The molecule has 2 aliphatic heterocycles. The first-order valence-electron chi connectivity index (χ1n) is 13.8. The second kappa shape index (κ2) is 17.6. The molecule has 0 aromatic rings. The zero-order chi connectivity index (χ0) is 20.4. The molecule has 0 spiro atoms. The van der Waals surface area contributed by atoms with E-state index in [1.165, 1.54) is 155 Å². The molecule has 0 aromatic carbocycles. The van der Waals surface area contributed by atoms with E-state index < -0.39 is 0 Å². The Labute approximate surface area is 184 Å². The molecule has 2 nitrogen and oxygen atoms in total. The summed E-state index contributed by atoms with van der Waals surface area (Å²) >= 11 is 0. The maximum atomic E-state index is 3.50. The summed E-state index contributed by atoms with van der Waals surface area (Å²) in [4.78, 5) is 2.76. The van der Waals surface area contributed by atoms with E-state index in [1.807, 2.05) is 0 Å². The highest BCUT2D eigenvalue weighted by molar-refractivity contribution is 4.75. The molecular formula is C27H54N2. The molecule has 2 heteroatoms. The smallest absolute Gasteiger partial charge is 0.00161 e. The largest absolute Gasteiger partial charge is 0.317 e.